The molecule has 2 heterocycles. The Morgan fingerprint density at radius 3 is 1.15 bits per heavy atom. The van der Waals surface area contributed by atoms with E-state index in [9.17, 15) is 0 Å². The van der Waals surface area contributed by atoms with Crippen LogP contribution in [0.4, 0.5) is 34.1 Å². The van der Waals surface area contributed by atoms with E-state index in [1.807, 2.05) is 12.1 Å². The maximum absolute atomic E-state index is 6.88. The van der Waals surface area contributed by atoms with Crippen molar-refractivity contribution in [2.45, 2.75) is 30.1 Å². The number of hydrogen-bond donors (Lipinski definition) is 0. The summed E-state index contributed by atoms with van der Waals surface area (Å²) in [6, 6.07) is 150. The van der Waals surface area contributed by atoms with Crippen molar-refractivity contribution < 1.29 is 8.83 Å². The molecule has 0 unspecified atom stereocenters. The Balaban J connectivity index is 0.000000142. The predicted octanol–water partition coefficient (Wildman–Crippen LogP) is 28.5. The summed E-state index contributed by atoms with van der Waals surface area (Å²) < 4.78 is 13.3. The summed E-state index contributed by atoms with van der Waals surface area (Å²) in [6.07, 6.45) is 0. The monoisotopic (exact) mass is 1420 g/mol. The van der Waals surface area contributed by atoms with Crippen molar-refractivity contribution in [2.75, 3.05) is 9.80 Å². The predicted molar refractivity (Wildman–Crippen MR) is 460 cm³/mol. The van der Waals surface area contributed by atoms with Gasteiger partial charge < -0.3 is 18.6 Å². The minimum atomic E-state index is -0.535. The fraction of sp³-hybridized carbons (Fsp3) is 0.0467. The molecule has 0 atom stereocenters. The molecule has 0 spiro atoms. The third-order valence-electron chi connectivity index (χ3n) is 23.9. The summed E-state index contributed by atoms with van der Waals surface area (Å²) in [5, 5.41) is 4.43. The molecular weight excluding hydrogens is 1350 g/mol. The van der Waals surface area contributed by atoms with Crippen LogP contribution < -0.4 is 9.80 Å². The molecule has 4 heteroatoms. The van der Waals surface area contributed by atoms with Crippen LogP contribution in [0.3, 0.4) is 0 Å². The molecule has 17 aromatic carbocycles. The molecule has 0 N–H and O–H groups in total. The summed E-state index contributed by atoms with van der Waals surface area (Å²) in [4.78, 5) is 4.84. The van der Waals surface area contributed by atoms with Gasteiger partial charge in [-0.1, -0.05) is 335 Å². The largest absolute Gasteiger partial charge is 0.456 e. The molecule has 2 aromatic heterocycles. The van der Waals surface area contributed by atoms with E-state index in [0.717, 1.165) is 89.1 Å². The maximum atomic E-state index is 6.88. The Kier molecular flexibility index (Phi) is 15.4. The molecule has 524 valence electrons. The molecule has 0 fully saturated rings. The van der Waals surface area contributed by atoms with Crippen LogP contribution in [0.2, 0.25) is 0 Å². The van der Waals surface area contributed by atoms with Gasteiger partial charge >= 0.3 is 0 Å². The molecule has 22 rings (SSSR count). The SMILES string of the molecule is CC1(C)c2ccccc2-c2ccc(N(c3cccc(C4(c5ccccc5)c5ccccc5-c5ccccc54)c3)c3ccc(-c4ccccc4)c4oc5ccccc5c34)cc21.c1ccc(-c2ccc(N(c3cccc(C4(c5ccccc5)c5ccccc5-c5ccccc54)c3)c3ccc4c(c3)oc3ccccc34)cc2)cc1. The van der Waals surface area contributed by atoms with Gasteiger partial charge in [0, 0.05) is 61.6 Å². The lowest BCUT2D eigenvalue weighted by atomic mass is 9.67. The van der Waals surface area contributed by atoms with E-state index in [0.29, 0.717) is 0 Å². The fourth-order valence-corrected chi connectivity index (χ4v) is 19.0. The Labute approximate surface area is 646 Å². The number of anilines is 6. The highest BCUT2D eigenvalue weighted by Gasteiger charge is 2.48. The van der Waals surface area contributed by atoms with Crippen molar-refractivity contribution in [3.05, 3.63) is 468 Å². The summed E-state index contributed by atoms with van der Waals surface area (Å²) in [5.41, 5.74) is 33.9. The number of hydrogen-bond acceptors (Lipinski definition) is 4. The molecule has 0 saturated carbocycles. The van der Waals surface area contributed by atoms with Gasteiger partial charge in [-0.25, -0.2) is 0 Å². The molecular formula is C107H74N2O2. The van der Waals surface area contributed by atoms with E-state index in [2.05, 4.69) is 424 Å². The van der Waals surface area contributed by atoms with Crippen molar-refractivity contribution >= 4 is 78.0 Å². The normalized spacial score (nSPS) is 13.5. The van der Waals surface area contributed by atoms with Crippen LogP contribution in [-0.2, 0) is 16.2 Å². The molecule has 0 aliphatic heterocycles. The third-order valence-corrected chi connectivity index (χ3v) is 23.9. The highest BCUT2D eigenvalue weighted by Crippen LogP contribution is 2.60. The quantitative estimate of drug-likeness (QED) is 0.122. The van der Waals surface area contributed by atoms with E-state index in [4.69, 9.17) is 8.83 Å². The first kappa shape index (κ1) is 65.2. The molecule has 3 aliphatic carbocycles. The average molecular weight is 1420 g/mol. The van der Waals surface area contributed by atoms with E-state index >= 15 is 0 Å². The third kappa shape index (κ3) is 10.2. The zero-order valence-electron chi connectivity index (χ0n) is 61.5. The molecule has 3 aliphatic rings. The van der Waals surface area contributed by atoms with Gasteiger partial charge in [0.15, 0.2) is 0 Å². The topological polar surface area (TPSA) is 32.8 Å². The van der Waals surface area contributed by atoms with Crippen molar-refractivity contribution in [1.82, 2.24) is 0 Å². The van der Waals surface area contributed by atoms with E-state index < -0.39 is 10.8 Å². The molecule has 0 amide bonds. The van der Waals surface area contributed by atoms with Gasteiger partial charge in [0.1, 0.15) is 22.3 Å². The highest BCUT2D eigenvalue weighted by molar-refractivity contribution is 6.17. The number of rotatable bonds is 12. The number of nitrogens with zero attached hydrogens (tertiary/aromatic N) is 2. The minimum absolute atomic E-state index is 0.168. The maximum Gasteiger partial charge on any atom is 0.145 e. The van der Waals surface area contributed by atoms with Crippen LogP contribution in [0, 0.1) is 0 Å². The van der Waals surface area contributed by atoms with Gasteiger partial charge in [0.05, 0.1) is 21.9 Å². The van der Waals surface area contributed by atoms with Crippen LogP contribution in [0.1, 0.15) is 69.5 Å². The van der Waals surface area contributed by atoms with Crippen molar-refractivity contribution in [3.63, 3.8) is 0 Å². The van der Waals surface area contributed by atoms with Crippen LogP contribution in [0.15, 0.2) is 421 Å². The molecule has 19 aromatic rings. The van der Waals surface area contributed by atoms with Crippen molar-refractivity contribution in [2.24, 2.45) is 0 Å². The first-order valence-electron chi connectivity index (χ1n) is 38.4. The van der Waals surface area contributed by atoms with E-state index in [-0.39, 0.29) is 5.41 Å². The standard InChI is InChI=1S/C58H41NO.C49H33NO/c1-57(2)49-28-13-9-24-44(49)47-33-32-42(37-52(47)57)59(53-35-34-43(38-18-5-3-6-19-38)56-55(53)48-27-12-16-31-54(48)60-56)41-23-17-22-40(36-41)58(39-20-7-4-8-21-39)50-29-14-10-25-45(50)46-26-11-15-30-51(46)58;1-3-14-34(15-4-1)35-26-28-38(29-27-35)50(40-30-31-44-43-22-9-12-25-47(43)51-48(44)33-40)39-19-13-18-37(32-39)49(36-16-5-2-6-17-36)45-23-10-7-20-41(45)42-21-8-11-24-46(42)49/h3-37H,1-2H3;1-33H. The number of benzene rings is 17. The van der Waals surface area contributed by atoms with Crippen LogP contribution in [-0.4, -0.2) is 0 Å². The molecule has 0 saturated heterocycles. The van der Waals surface area contributed by atoms with E-state index in [1.165, 1.54) is 100 Å². The van der Waals surface area contributed by atoms with Gasteiger partial charge in [-0.3, -0.25) is 0 Å². The summed E-state index contributed by atoms with van der Waals surface area (Å²) in [7, 11) is 0. The zero-order chi connectivity index (χ0) is 73.8. The lowest BCUT2D eigenvalue weighted by molar-refractivity contribution is 0.660. The first-order chi connectivity index (χ1) is 54.8. The van der Waals surface area contributed by atoms with Gasteiger partial charge in [-0.2, -0.15) is 0 Å². The molecule has 4 nitrogen and oxygen atoms in total. The van der Waals surface area contributed by atoms with Crippen LogP contribution in [0.5, 0.6) is 0 Å². The lowest BCUT2D eigenvalue weighted by Gasteiger charge is -2.35. The second-order valence-electron chi connectivity index (χ2n) is 30.1. The first-order valence-corrected chi connectivity index (χ1v) is 38.4. The Hall–Kier alpha value is -14.1. The van der Waals surface area contributed by atoms with Gasteiger partial charge in [-0.15, -0.1) is 0 Å². The van der Waals surface area contributed by atoms with Gasteiger partial charge in [0.2, 0.25) is 0 Å². The van der Waals surface area contributed by atoms with Gasteiger partial charge in [0.25, 0.3) is 0 Å². The number of fused-ring (bicyclic) bond motifs is 15. The van der Waals surface area contributed by atoms with Crippen molar-refractivity contribution in [3.8, 4) is 55.6 Å². The summed E-state index contributed by atoms with van der Waals surface area (Å²) in [6.45, 7) is 4.73. The summed E-state index contributed by atoms with van der Waals surface area (Å²) in [5.74, 6) is 0. The van der Waals surface area contributed by atoms with Crippen LogP contribution in [0.25, 0.3) is 99.5 Å². The van der Waals surface area contributed by atoms with E-state index in [1.54, 1.807) is 0 Å². The lowest BCUT2D eigenvalue weighted by Crippen LogP contribution is -2.28. The summed E-state index contributed by atoms with van der Waals surface area (Å²) >= 11 is 0. The fourth-order valence-electron chi connectivity index (χ4n) is 19.0. The Bertz CT molecular complexity index is 6720. The second kappa shape index (κ2) is 26.1. The second-order valence-corrected chi connectivity index (χ2v) is 30.1. The number of furan rings is 2. The highest BCUT2D eigenvalue weighted by atomic mass is 16.3. The van der Waals surface area contributed by atoms with Gasteiger partial charge in [-0.05, 0) is 191 Å². The van der Waals surface area contributed by atoms with Crippen LogP contribution >= 0.6 is 0 Å². The average Bonchev–Trinajstić information content (AvgIpc) is 1.56. The Morgan fingerprint density at radius 2 is 0.595 bits per heavy atom. The Morgan fingerprint density at radius 1 is 0.216 bits per heavy atom. The smallest absolute Gasteiger partial charge is 0.145 e. The number of para-hydroxylation sites is 2. The molecule has 111 heavy (non-hydrogen) atoms. The molecule has 0 bridgehead atoms. The minimum Gasteiger partial charge on any atom is -0.456 e. The van der Waals surface area contributed by atoms with Crippen molar-refractivity contribution in [1.29, 1.82) is 0 Å². The molecule has 0 radical (unpaired) electrons. The zero-order valence-corrected chi connectivity index (χ0v) is 61.5.